The number of phenols is 1. The van der Waals surface area contributed by atoms with Gasteiger partial charge in [-0.05, 0) is 47.9 Å². The number of carbonyl (C=O) groups excluding carboxylic acids is 2. The van der Waals surface area contributed by atoms with E-state index in [1.807, 2.05) is 30.5 Å². The molecule has 0 radical (unpaired) electrons. The van der Waals surface area contributed by atoms with Crippen molar-refractivity contribution in [1.82, 2.24) is 9.88 Å². The summed E-state index contributed by atoms with van der Waals surface area (Å²) in [5, 5.41) is 33.2. The van der Waals surface area contributed by atoms with Crippen molar-refractivity contribution in [2.75, 3.05) is 6.54 Å². The first kappa shape index (κ1) is 22.9. The zero-order valence-electron chi connectivity index (χ0n) is 18.9. The minimum atomic E-state index is -0.947. The Bertz CT molecular complexity index is 1540. The van der Waals surface area contributed by atoms with Crippen LogP contribution in [-0.4, -0.2) is 43.3 Å². The van der Waals surface area contributed by atoms with E-state index in [9.17, 15) is 29.9 Å². The number of aromatic amines is 1. The number of phenolic OH excluding ortho intramolecular Hbond substituents is 1. The number of aliphatic hydroxyl groups excluding tert-OH is 1. The number of fused-ring (bicyclic) bond motifs is 1. The molecule has 1 unspecified atom stereocenters. The van der Waals surface area contributed by atoms with Gasteiger partial charge < -0.3 is 20.1 Å². The molecule has 1 amide bonds. The van der Waals surface area contributed by atoms with Gasteiger partial charge in [-0.3, -0.25) is 19.7 Å². The van der Waals surface area contributed by atoms with Crippen LogP contribution in [0.2, 0.25) is 0 Å². The van der Waals surface area contributed by atoms with Gasteiger partial charge in [0.05, 0.1) is 16.5 Å². The van der Waals surface area contributed by atoms with Gasteiger partial charge in [0.15, 0.2) is 0 Å². The molecule has 9 heteroatoms. The molecule has 3 aromatic carbocycles. The Morgan fingerprint density at radius 3 is 2.50 bits per heavy atom. The lowest BCUT2D eigenvalue weighted by molar-refractivity contribution is -0.384. The fourth-order valence-corrected chi connectivity index (χ4v) is 4.63. The molecule has 0 aliphatic carbocycles. The maximum absolute atomic E-state index is 13.2. The summed E-state index contributed by atoms with van der Waals surface area (Å²) >= 11 is 0. The predicted octanol–water partition coefficient (Wildman–Crippen LogP) is 4.45. The molecular weight excluding hydrogens is 462 g/mol. The third-order valence-electron chi connectivity index (χ3n) is 6.37. The number of nitro benzene ring substituents is 1. The normalized spacial score (nSPS) is 17.1. The van der Waals surface area contributed by atoms with Gasteiger partial charge in [0.2, 0.25) is 0 Å². The minimum Gasteiger partial charge on any atom is -0.508 e. The highest BCUT2D eigenvalue weighted by molar-refractivity contribution is 6.46. The number of para-hydroxylation sites is 1. The van der Waals surface area contributed by atoms with Crippen LogP contribution in [0.3, 0.4) is 0 Å². The van der Waals surface area contributed by atoms with Gasteiger partial charge in [-0.15, -0.1) is 0 Å². The van der Waals surface area contributed by atoms with Crippen molar-refractivity contribution < 1.29 is 24.7 Å². The Morgan fingerprint density at radius 2 is 1.78 bits per heavy atom. The number of aliphatic hydroxyl groups is 1. The molecule has 36 heavy (non-hydrogen) atoms. The van der Waals surface area contributed by atoms with Gasteiger partial charge in [-0.2, -0.15) is 0 Å². The zero-order chi connectivity index (χ0) is 25.4. The summed E-state index contributed by atoms with van der Waals surface area (Å²) in [5.41, 5.74) is 2.24. The van der Waals surface area contributed by atoms with Crippen LogP contribution in [0.4, 0.5) is 5.69 Å². The summed E-state index contributed by atoms with van der Waals surface area (Å²) in [6.07, 6.45) is 2.31. The molecule has 9 nitrogen and oxygen atoms in total. The summed E-state index contributed by atoms with van der Waals surface area (Å²) in [6, 6.07) is 18.1. The van der Waals surface area contributed by atoms with Crippen LogP contribution in [0.5, 0.6) is 5.75 Å². The van der Waals surface area contributed by atoms with Gasteiger partial charge in [0.1, 0.15) is 11.5 Å². The van der Waals surface area contributed by atoms with Crippen LogP contribution in [-0.2, 0) is 16.0 Å². The monoisotopic (exact) mass is 483 g/mol. The fraction of sp³-hybridized carbons (Fsp3) is 0.111. The van der Waals surface area contributed by atoms with E-state index in [4.69, 9.17) is 0 Å². The lowest BCUT2D eigenvalue weighted by Crippen LogP contribution is -2.31. The largest absolute Gasteiger partial charge is 0.508 e. The standard InChI is InChI=1S/C27H21N3O6/c31-20-5-3-4-17(14-20)24-23(25(32)16-8-10-19(11-9-16)30(35)36)26(33)27(34)29(24)13-12-18-15-28-22-7-2-1-6-21(18)22/h1-11,14-15,24,28,31-32H,12-13H2/b25-23+. The van der Waals surface area contributed by atoms with E-state index in [0.717, 1.165) is 16.5 Å². The quantitative estimate of drug-likeness (QED) is 0.122. The number of carbonyl (C=O) groups is 2. The van der Waals surface area contributed by atoms with Crippen molar-refractivity contribution in [1.29, 1.82) is 0 Å². The molecule has 0 saturated carbocycles. The molecule has 4 aromatic rings. The second-order valence-electron chi connectivity index (χ2n) is 8.50. The van der Waals surface area contributed by atoms with Gasteiger partial charge in [0, 0.05) is 41.3 Å². The first-order chi connectivity index (χ1) is 17.3. The molecule has 1 aliphatic heterocycles. The number of nitrogens with zero attached hydrogens (tertiary/aromatic N) is 2. The topological polar surface area (TPSA) is 137 Å². The molecule has 0 spiro atoms. The molecule has 1 aliphatic rings. The number of hydrogen-bond donors (Lipinski definition) is 3. The maximum atomic E-state index is 13.2. The van der Waals surface area contributed by atoms with E-state index in [-0.39, 0.29) is 29.1 Å². The Hall–Kier alpha value is -4.92. The number of H-pyrrole nitrogens is 1. The number of rotatable bonds is 6. The van der Waals surface area contributed by atoms with Crippen LogP contribution < -0.4 is 0 Å². The van der Waals surface area contributed by atoms with E-state index in [1.165, 1.54) is 41.3 Å². The number of hydrogen-bond acceptors (Lipinski definition) is 6. The average molecular weight is 483 g/mol. The Morgan fingerprint density at radius 1 is 1.03 bits per heavy atom. The third kappa shape index (κ3) is 3.96. The number of ketones is 1. The van der Waals surface area contributed by atoms with E-state index < -0.39 is 28.4 Å². The predicted molar refractivity (Wildman–Crippen MR) is 132 cm³/mol. The summed E-state index contributed by atoms with van der Waals surface area (Å²) in [4.78, 5) is 41.3. The number of nitrogens with one attached hydrogen (secondary N) is 1. The van der Waals surface area contributed by atoms with Crippen LogP contribution in [0.15, 0.2) is 84.6 Å². The summed E-state index contributed by atoms with van der Waals surface area (Å²) < 4.78 is 0. The molecule has 1 fully saturated rings. The van der Waals surface area contributed by atoms with E-state index in [2.05, 4.69) is 4.98 Å². The fourth-order valence-electron chi connectivity index (χ4n) is 4.63. The summed E-state index contributed by atoms with van der Waals surface area (Å²) in [7, 11) is 0. The molecule has 180 valence electrons. The summed E-state index contributed by atoms with van der Waals surface area (Å²) in [6.45, 7) is 0.184. The lowest BCUT2D eigenvalue weighted by Gasteiger charge is -2.25. The zero-order valence-corrected chi connectivity index (χ0v) is 18.9. The second kappa shape index (κ2) is 9.03. The molecule has 3 N–H and O–H groups in total. The number of non-ortho nitro benzene ring substituents is 1. The van der Waals surface area contributed by atoms with Crippen LogP contribution in [0.1, 0.15) is 22.7 Å². The van der Waals surface area contributed by atoms with Crippen molar-refractivity contribution >= 4 is 34.0 Å². The maximum Gasteiger partial charge on any atom is 0.295 e. The number of benzene rings is 3. The minimum absolute atomic E-state index is 0.0509. The molecule has 5 rings (SSSR count). The molecule has 1 atom stereocenters. The molecule has 1 aromatic heterocycles. The van der Waals surface area contributed by atoms with Gasteiger partial charge in [-0.1, -0.05) is 30.3 Å². The van der Waals surface area contributed by atoms with Gasteiger partial charge in [-0.25, -0.2) is 0 Å². The van der Waals surface area contributed by atoms with Crippen molar-refractivity contribution in [3.63, 3.8) is 0 Å². The van der Waals surface area contributed by atoms with Crippen LogP contribution in [0, 0.1) is 10.1 Å². The Kier molecular flexibility index (Phi) is 5.73. The average Bonchev–Trinajstić information content (AvgIpc) is 3.40. The third-order valence-corrected chi connectivity index (χ3v) is 6.37. The number of aromatic nitrogens is 1. The number of aromatic hydroxyl groups is 1. The van der Waals surface area contributed by atoms with Gasteiger partial charge >= 0.3 is 0 Å². The van der Waals surface area contributed by atoms with Crippen LogP contribution in [0.25, 0.3) is 16.7 Å². The van der Waals surface area contributed by atoms with Crippen LogP contribution >= 0.6 is 0 Å². The number of nitro groups is 1. The summed E-state index contributed by atoms with van der Waals surface area (Å²) in [5.74, 6) is -2.12. The lowest BCUT2D eigenvalue weighted by atomic mass is 9.95. The molecule has 2 heterocycles. The SMILES string of the molecule is O=C1C(=O)N(CCc2c[nH]c3ccccc23)C(c2cccc(O)c2)/C1=C(\O)c1ccc([N+](=O)[O-])cc1. The second-order valence-corrected chi connectivity index (χ2v) is 8.50. The molecular formula is C27H21N3O6. The first-order valence-electron chi connectivity index (χ1n) is 11.2. The molecule has 1 saturated heterocycles. The van der Waals surface area contributed by atoms with E-state index >= 15 is 0 Å². The van der Waals surface area contributed by atoms with Crippen molar-refractivity contribution in [2.24, 2.45) is 0 Å². The number of amides is 1. The number of Topliss-reactive ketones (excluding diaryl/α,β-unsaturated/α-hetero) is 1. The smallest absolute Gasteiger partial charge is 0.295 e. The first-order valence-corrected chi connectivity index (χ1v) is 11.2. The molecule has 0 bridgehead atoms. The highest BCUT2D eigenvalue weighted by Crippen LogP contribution is 2.40. The van der Waals surface area contributed by atoms with E-state index in [0.29, 0.717) is 12.0 Å². The number of likely N-dealkylation sites (tertiary alicyclic amines) is 1. The van der Waals surface area contributed by atoms with Crippen molar-refractivity contribution in [2.45, 2.75) is 12.5 Å². The highest BCUT2D eigenvalue weighted by atomic mass is 16.6. The highest BCUT2D eigenvalue weighted by Gasteiger charge is 2.46. The van der Waals surface area contributed by atoms with Crippen molar-refractivity contribution in [3.8, 4) is 5.75 Å². The Balaban J connectivity index is 1.56. The van der Waals surface area contributed by atoms with Gasteiger partial charge in [0.25, 0.3) is 17.4 Å². The Labute approximate surface area is 205 Å². The van der Waals surface area contributed by atoms with E-state index in [1.54, 1.807) is 12.1 Å². The van der Waals surface area contributed by atoms with Crippen molar-refractivity contribution in [3.05, 3.63) is 111 Å².